The zero-order chi connectivity index (χ0) is 39.3. The second kappa shape index (κ2) is 35.8. The van der Waals surface area contributed by atoms with E-state index in [0.29, 0.717) is 19.3 Å². The first kappa shape index (κ1) is 49.8. The molecule has 53 heavy (non-hydrogen) atoms. The van der Waals surface area contributed by atoms with Gasteiger partial charge in [-0.2, -0.15) is 0 Å². The predicted molar refractivity (Wildman–Crippen MR) is 220 cm³/mol. The van der Waals surface area contributed by atoms with Crippen LogP contribution in [-0.2, 0) is 28.6 Å². The summed E-state index contributed by atoms with van der Waals surface area (Å²) in [6, 6.07) is -0.627. The lowest BCUT2D eigenvalue weighted by atomic mass is 10.1. The molecule has 0 saturated heterocycles. The second-order valence-electron chi connectivity index (χ2n) is 14.6. The van der Waals surface area contributed by atoms with E-state index in [1.165, 1.54) is 44.9 Å². The van der Waals surface area contributed by atoms with Gasteiger partial charge < -0.3 is 23.8 Å². The highest BCUT2D eigenvalue weighted by molar-refractivity contribution is 5.72. The summed E-state index contributed by atoms with van der Waals surface area (Å²) in [6.07, 6.45) is 43.7. The van der Waals surface area contributed by atoms with E-state index in [4.69, 9.17) is 14.2 Å². The first-order valence-corrected chi connectivity index (χ1v) is 20.5. The van der Waals surface area contributed by atoms with E-state index >= 15 is 0 Å². The first-order valence-electron chi connectivity index (χ1n) is 20.5. The number of carbonyl (C=O) groups is 3. The largest absolute Gasteiger partial charge is 0.477 e. The predicted octanol–water partition coefficient (Wildman–Crippen LogP) is 10.8. The van der Waals surface area contributed by atoms with Crippen LogP contribution in [0.4, 0.5) is 0 Å². The Balaban J connectivity index is 4.52. The summed E-state index contributed by atoms with van der Waals surface area (Å²) in [6.45, 7) is 4.50. The van der Waals surface area contributed by atoms with E-state index in [-0.39, 0.29) is 42.7 Å². The Kier molecular flexibility index (Phi) is 33.6. The number of carbonyl (C=O) groups excluding carboxylic acids is 2. The molecule has 0 aromatic rings. The molecule has 0 aromatic carbocycles. The van der Waals surface area contributed by atoms with Crippen molar-refractivity contribution in [3.8, 4) is 0 Å². The first-order chi connectivity index (χ1) is 25.6. The lowest BCUT2D eigenvalue weighted by Gasteiger charge is -2.31. The molecule has 2 unspecified atom stereocenters. The van der Waals surface area contributed by atoms with Gasteiger partial charge in [0.1, 0.15) is 6.61 Å². The Morgan fingerprint density at radius 1 is 0.585 bits per heavy atom. The van der Waals surface area contributed by atoms with Gasteiger partial charge in [0.15, 0.2) is 12.1 Å². The van der Waals surface area contributed by atoms with E-state index in [1.807, 2.05) is 69.8 Å². The monoisotopic (exact) mass is 743 g/mol. The molecule has 0 radical (unpaired) electrons. The number of ether oxygens (including phenoxy) is 3. The molecule has 8 heteroatoms. The van der Waals surface area contributed by atoms with Crippen molar-refractivity contribution in [2.75, 3.05) is 41.0 Å². The van der Waals surface area contributed by atoms with Crippen molar-refractivity contribution in [3.63, 3.8) is 0 Å². The van der Waals surface area contributed by atoms with Crippen LogP contribution in [0.2, 0.25) is 0 Å². The average molecular weight is 743 g/mol. The molecule has 0 amide bonds. The molecule has 0 aromatic heterocycles. The molecule has 0 aliphatic carbocycles. The minimum atomic E-state index is -0.888. The average Bonchev–Trinajstić information content (AvgIpc) is 3.11. The molecule has 0 bridgehead atoms. The van der Waals surface area contributed by atoms with Gasteiger partial charge in [-0.15, -0.1) is 0 Å². The fourth-order valence-electron chi connectivity index (χ4n) is 5.52. The van der Waals surface area contributed by atoms with Crippen molar-refractivity contribution in [1.29, 1.82) is 0 Å². The van der Waals surface area contributed by atoms with Crippen molar-refractivity contribution in [2.24, 2.45) is 0 Å². The number of rotatable bonds is 35. The smallest absolute Gasteiger partial charge is 0.362 e. The molecule has 0 spiro atoms. The molecule has 0 saturated carbocycles. The third kappa shape index (κ3) is 34.3. The Labute approximate surface area is 323 Å². The van der Waals surface area contributed by atoms with Gasteiger partial charge in [-0.25, -0.2) is 4.79 Å². The van der Waals surface area contributed by atoms with Gasteiger partial charge in [-0.05, 0) is 57.8 Å². The zero-order valence-electron chi connectivity index (χ0n) is 34.2. The summed E-state index contributed by atoms with van der Waals surface area (Å²) in [5, 5.41) is 9.60. The topological polar surface area (TPSA) is 99.1 Å². The Morgan fingerprint density at radius 2 is 1.08 bits per heavy atom. The number of aliphatic carboxylic acids is 1. The summed E-state index contributed by atoms with van der Waals surface area (Å²) in [5.41, 5.74) is 0. The summed E-state index contributed by atoms with van der Waals surface area (Å²) in [5.74, 6) is -1.55. The number of carboxylic acid groups (broad SMARTS) is 1. The Bertz CT molecular complexity index is 1100. The number of nitrogens with zero attached hydrogens (tertiary/aromatic N) is 1. The quantitative estimate of drug-likeness (QED) is 0.0227. The number of hydrogen-bond donors (Lipinski definition) is 1. The van der Waals surface area contributed by atoms with Crippen LogP contribution in [0.25, 0.3) is 0 Å². The second-order valence-corrected chi connectivity index (χ2v) is 14.6. The minimum Gasteiger partial charge on any atom is -0.477 e. The lowest BCUT2D eigenvalue weighted by molar-refractivity contribution is -0.887. The van der Waals surface area contributed by atoms with E-state index in [9.17, 15) is 19.5 Å². The lowest BCUT2D eigenvalue weighted by Crippen LogP contribution is -2.50. The number of likely N-dealkylation sites (N-methyl/N-ethyl adjacent to an activating group) is 1. The van der Waals surface area contributed by atoms with Gasteiger partial charge in [0, 0.05) is 19.3 Å². The summed E-state index contributed by atoms with van der Waals surface area (Å²) in [7, 11) is 5.49. The summed E-state index contributed by atoms with van der Waals surface area (Å²) < 4.78 is 17.2. The number of unbranched alkanes of at least 4 members (excludes halogenated alkanes) is 13. The number of carboxylic acids is 1. The van der Waals surface area contributed by atoms with Gasteiger partial charge in [-0.1, -0.05) is 138 Å². The number of allylic oxidation sites excluding steroid dienone is 12. The van der Waals surface area contributed by atoms with Crippen LogP contribution in [0.5, 0.6) is 0 Å². The molecule has 0 aliphatic rings. The van der Waals surface area contributed by atoms with Gasteiger partial charge in [0.05, 0.1) is 34.4 Å². The number of quaternary nitrogens is 1. The molecular weight excluding hydrogens is 666 g/mol. The van der Waals surface area contributed by atoms with Crippen LogP contribution in [0.3, 0.4) is 0 Å². The summed E-state index contributed by atoms with van der Waals surface area (Å²) in [4.78, 5) is 36.9. The maximum Gasteiger partial charge on any atom is 0.362 e. The van der Waals surface area contributed by atoms with Crippen molar-refractivity contribution in [1.82, 2.24) is 0 Å². The molecule has 8 nitrogen and oxygen atoms in total. The highest BCUT2D eigenvalue weighted by Gasteiger charge is 2.31. The van der Waals surface area contributed by atoms with Crippen molar-refractivity contribution >= 4 is 17.9 Å². The molecular formula is C45H76NO7+. The van der Waals surface area contributed by atoms with Crippen LogP contribution in [0.15, 0.2) is 72.9 Å². The highest BCUT2D eigenvalue weighted by Crippen LogP contribution is 2.12. The van der Waals surface area contributed by atoms with Gasteiger partial charge >= 0.3 is 17.9 Å². The Hall–Kier alpha value is -3.23. The standard InChI is InChI=1S/C45H75NO7/c1-6-8-10-12-14-16-18-20-22-24-26-28-30-32-34-36-44(48)53-41(39-51-38-37-42(45(49)50)46(3,4)5)40-52-43(47)35-33-31-29-27-25-23-21-19-17-15-13-11-9-7-2/h8,10,12,14,16,18,20,22-26,41-42H,6-7,9,11,13,15,17,19,21,27-40H2,1-5H3/p+1/b10-8+,14-12+,18-16+,22-20+,25-23+,26-24+. The van der Waals surface area contributed by atoms with Crippen molar-refractivity contribution < 1.29 is 38.2 Å². The number of hydrogen-bond acceptors (Lipinski definition) is 6. The third-order valence-electron chi connectivity index (χ3n) is 8.72. The van der Waals surface area contributed by atoms with Crippen molar-refractivity contribution in [2.45, 2.75) is 154 Å². The molecule has 0 rings (SSSR count). The van der Waals surface area contributed by atoms with E-state index < -0.39 is 18.1 Å². The highest BCUT2D eigenvalue weighted by atomic mass is 16.6. The van der Waals surface area contributed by atoms with Gasteiger partial charge in [0.2, 0.25) is 0 Å². The summed E-state index contributed by atoms with van der Waals surface area (Å²) >= 11 is 0. The van der Waals surface area contributed by atoms with Crippen LogP contribution in [-0.4, -0.2) is 80.6 Å². The van der Waals surface area contributed by atoms with Crippen LogP contribution in [0.1, 0.15) is 142 Å². The SMILES string of the molecule is CC/C=C/C=C/C=C/C=C/C=C/CCCCCC(=O)OC(COCCC(C(=O)O)[N+](C)(C)C)COC(=O)CCCCC/C=C/CCCCCCCCC. The fourth-order valence-corrected chi connectivity index (χ4v) is 5.52. The maximum atomic E-state index is 12.7. The molecule has 2 atom stereocenters. The third-order valence-corrected chi connectivity index (χ3v) is 8.72. The van der Waals surface area contributed by atoms with E-state index in [0.717, 1.165) is 57.8 Å². The van der Waals surface area contributed by atoms with Crippen LogP contribution in [0, 0.1) is 0 Å². The number of esters is 2. The molecule has 0 aliphatic heterocycles. The fraction of sp³-hybridized carbons (Fsp3) is 0.667. The molecule has 1 N–H and O–H groups in total. The molecule has 0 heterocycles. The van der Waals surface area contributed by atoms with Crippen LogP contribution < -0.4 is 0 Å². The molecule has 0 fully saturated rings. The zero-order valence-corrected chi connectivity index (χ0v) is 34.2. The van der Waals surface area contributed by atoms with Gasteiger partial charge in [-0.3, -0.25) is 9.59 Å². The van der Waals surface area contributed by atoms with Crippen molar-refractivity contribution in [3.05, 3.63) is 72.9 Å². The molecule has 302 valence electrons. The maximum absolute atomic E-state index is 12.7. The van der Waals surface area contributed by atoms with Gasteiger partial charge in [0.25, 0.3) is 0 Å². The Morgan fingerprint density at radius 3 is 1.62 bits per heavy atom. The van der Waals surface area contributed by atoms with E-state index in [1.54, 1.807) is 0 Å². The van der Waals surface area contributed by atoms with Crippen LogP contribution >= 0.6 is 0 Å². The van der Waals surface area contributed by atoms with E-state index in [2.05, 4.69) is 38.2 Å². The minimum absolute atomic E-state index is 0.0351. The normalized spacial score (nSPS) is 13.8.